The van der Waals surface area contributed by atoms with Crippen molar-refractivity contribution in [1.29, 1.82) is 0 Å². The number of hydrogen-bond donors (Lipinski definition) is 1. The number of aromatic nitrogens is 2. The number of methoxy groups -OCH3 is 1. The highest BCUT2D eigenvalue weighted by Crippen LogP contribution is 2.32. The first-order valence-electron chi connectivity index (χ1n) is 15.3. The van der Waals surface area contributed by atoms with Gasteiger partial charge in [0.1, 0.15) is 17.3 Å². The second-order valence-electron chi connectivity index (χ2n) is 12.4. The van der Waals surface area contributed by atoms with Crippen molar-refractivity contribution >= 4 is 40.8 Å². The Kier molecular flexibility index (Phi) is 10.4. The molecule has 1 N–H and O–H groups in total. The lowest BCUT2D eigenvalue weighted by Gasteiger charge is -2.18. The number of imidazole rings is 1. The molecular formula is C38H37Cl2N3O4. The Bertz CT molecular complexity index is 1890. The van der Waals surface area contributed by atoms with Crippen LogP contribution in [-0.2, 0) is 22.5 Å². The van der Waals surface area contributed by atoms with Gasteiger partial charge in [0.25, 0.3) is 0 Å². The van der Waals surface area contributed by atoms with Crippen LogP contribution >= 0.6 is 23.2 Å². The lowest BCUT2D eigenvalue weighted by Crippen LogP contribution is -2.21. The van der Waals surface area contributed by atoms with E-state index in [-0.39, 0.29) is 16.9 Å². The van der Waals surface area contributed by atoms with Crippen molar-refractivity contribution in [2.24, 2.45) is 5.41 Å². The number of carbonyl (C=O) groups is 2. The number of nitrogens with zero attached hydrogens (tertiary/aromatic N) is 2. The molecule has 0 aliphatic rings. The molecule has 7 nitrogen and oxygen atoms in total. The number of hydrogen-bond acceptors (Lipinski definition) is 5. The largest absolute Gasteiger partial charge is 0.465 e. The standard InChI is InChI=1S/C38H37Cl2N3O4/c1-6-43-23-34(30-17-13-27(39)20-32(30)40)41-35(43)19-24-7-9-25(10-8-24)26-11-14-28(15-12-26)47-29-16-18-33(31(21-29)37(45)46-5)42-36(44)22-38(2,3)4/h7-18,20-21,23H,6,19,22H2,1-5H3,(H,42,44). The molecule has 1 amide bonds. The summed E-state index contributed by atoms with van der Waals surface area (Å²) in [7, 11) is 1.30. The molecule has 0 bridgehead atoms. The van der Waals surface area contributed by atoms with E-state index >= 15 is 0 Å². The molecule has 5 aromatic rings. The maximum atomic E-state index is 12.5. The fourth-order valence-corrected chi connectivity index (χ4v) is 5.70. The highest BCUT2D eigenvalue weighted by atomic mass is 35.5. The molecule has 0 aliphatic carbocycles. The zero-order chi connectivity index (χ0) is 33.7. The molecular weight excluding hydrogens is 633 g/mol. The number of halogens is 2. The number of aryl methyl sites for hydroxylation is 1. The van der Waals surface area contributed by atoms with E-state index in [1.165, 1.54) is 7.11 Å². The SMILES string of the molecule is CCn1cc(-c2ccc(Cl)cc2Cl)nc1Cc1ccc(-c2ccc(Oc3ccc(NC(=O)CC(C)(C)C)c(C(=O)OC)c3)cc2)cc1. The van der Waals surface area contributed by atoms with E-state index in [1.54, 1.807) is 24.3 Å². The van der Waals surface area contributed by atoms with Crippen molar-refractivity contribution in [1.82, 2.24) is 9.55 Å². The summed E-state index contributed by atoms with van der Waals surface area (Å²) in [4.78, 5) is 29.9. The Morgan fingerprint density at radius 1 is 0.872 bits per heavy atom. The summed E-state index contributed by atoms with van der Waals surface area (Å²) in [6, 6.07) is 26.5. The Hall–Kier alpha value is -4.59. The minimum atomic E-state index is -0.564. The normalized spacial score (nSPS) is 11.3. The second kappa shape index (κ2) is 14.4. The van der Waals surface area contributed by atoms with Crippen LogP contribution in [0.3, 0.4) is 0 Å². The third-order valence-electron chi connectivity index (χ3n) is 7.51. The van der Waals surface area contributed by atoms with Crippen LogP contribution in [0.15, 0.2) is 91.1 Å². The summed E-state index contributed by atoms with van der Waals surface area (Å²) in [5, 5.41) is 3.99. The molecule has 47 heavy (non-hydrogen) atoms. The third kappa shape index (κ3) is 8.61. The molecule has 0 unspecified atom stereocenters. The van der Waals surface area contributed by atoms with Crippen molar-refractivity contribution in [3.8, 4) is 33.9 Å². The van der Waals surface area contributed by atoms with Crippen LogP contribution in [-0.4, -0.2) is 28.5 Å². The van der Waals surface area contributed by atoms with Crippen molar-refractivity contribution < 1.29 is 19.1 Å². The van der Waals surface area contributed by atoms with Gasteiger partial charge in [-0.25, -0.2) is 9.78 Å². The number of esters is 1. The highest BCUT2D eigenvalue weighted by Gasteiger charge is 2.20. The summed E-state index contributed by atoms with van der Waals surface area (Å²) in [6.07, 6.45) is 3.02. The maximum Gasteiger partial charge on any atom is 0.340 e. The van der Waals surface area contributed by atoms with Gasteiger partial charge in [0.15, 0.2) is 0 Å². The van der Waals surface area contributed by atoms with E-state index < -0.39 is 5.97 Å². The Morgan fingerprint density at radius 3 is 2.15 bits per heavy atom. The molecule has 1 aromatic heterocycles. The molecule has 5 rings (SSSR count). The summed E-state index contributed by atoms with van der Waals surface area (Å²) < 4.78 is 13.1. The predicted octanol–water partition coefficient (Wildman–Crippen LogP) is 10.1. The highest BCUT2D eigenvalue weighted by molar-refractivity contribution is 6.36. The van der Waals surface area contributed by atoms with Crippen LogP contribution < -0.4 is 10.1 Å². The van der Waals surface area contributed by atoms with E-state index in [4.69, 9.17) is 37.7 Å². The minimum absolute atomic E-state index is 0.180. The molecule has 0 aliphatic heterocycles. The van der Waals surface area contributed by atoms with E-state index in [9.17, 15) is 9.59 Å². The van der Waals surface area contributed by atoms with Gasteiger partial charge < -0.3 is 19.4 Å². The van der Waals surface area contributed by atoms with Gasteiger partial charge in [0.2, 0.25) is 5.91 Å². The lowest BCUT2D eigenvalue weighted by molar-refractivity contribution is -0.117. The number of ether oxygens (including phenoxy) is 2. The summed E-state index contributed by atoms with van der Waals surface area (Å²) >= 11 is 12.5. The van der Waals surface area contributed by atoms with Crippen LogP contribution in [0, 0.1) is 5.41 Å². The summed E-state index contributed by atoms with van der Waals surface area (Å²) in [5.41, 5.74) is 5.32. The Morgan fingerprint density at radius 2 is 1.53 bits per heavy atom. The van der Waals surface area contributed by atoms with Crippen molar-refractivity contribution in [3.63, 3.8) is 0 Å². The van der Waals surface area contributed by atoms with Crippen LogP contribution in [0.4, 0.5) is 5.69 Å². The first-order valence-corrected chi connectivity index (χ1v) is 16.1. The van der Waals surface area contributed by atoms with Crippen LogP contribution in [0.2, 0.25) is 10.0 Å². The molecule has 0 radical (unpaired) electrons. The van der Waals surface area contributed by atoms with Gasteiger partial charge in [-0.05, 0) is 77.6 Å². The van der Waals surface area contributed by atoms with Crippen molar-refractivity contribution in [3.05, 3.63) is 118 Å². The molecule has 9 heteroatoms. The Labute approximate surface area is 285 Å². The number of benzene rings is 4. The van der Waals surface area contributed by atoms with Crippen molar-refractivity contribution in [2.75, 3.05) is 12.4 Å². The van der Waals surface area contributed by atoms with E-state index in [0.717, 1.165) is 40.3 Å². The molecule has 0 spiro atoms. The number of anilines is 1. The monoisotopic (exact) mass is 669 g/mol. The smallest absolute Gasteiger partial charge is 0.340 e. The van der Waals surface area contributed by atoms with Crippen LogP contribution in [0.25, 0.3) is 22.4 Å². The maximum absolute atomic E-state index is 12.5. The summed E-state index contributed by atoms with van der Waals surface area (Å²) in [5.74, 6) is 1.27. The first kappa shape index (κ1) is 33.8. The quantitative estimate of drug-likeness (QED) is 0.150. The number of carbonyl (C=O) groups excluding carboxylic acids is 2. The van der Waals surface area contributed by atoms with Gasteiger partial charge in [0.05, 0.1) is 29.1 Å². The lowest BCUT2D eigenvalue weighted by atomic mass is 9.92. The molecule has 0 atom stereocenters. The fourth-order valence-electron chi connectivity index (χ4n) is 5.20. The van der Waals surface area contributed by atoms with Crippen LogP contribution in [0.5, 0.6) is 11.5 Å². The first-order chi connectivity index (χ1) is 22.4. The van der Waals surface area contributed by atoms with Gasteiger partial charge in [0, 0.05) is 36.2 Å². The molecule has 0 fully saturated rings. The average Bonchev–Trinajstić information content (AvgIpc) is 3.43. The number of rotatable bonds is 10. The number of nitrogens with one attached hydrogen (secondary N) is 1. The minimum Gasteiger partial charge on any atom is -0.465 e. The topological polar surface area (TPSA) is 82.5 Å². The number of amides is 1. The van der Waals surface area contributed by atoms with Crippen molar-refractivity contribution in [2.45, 2.75) is 47.1 Å². The predicted molar refractivity (Wildman–Crippen MR) is 189 cm³/mol. The summed E-state index contributed by atoms with van der Waals surface area (Å²) in [6.45, 7) is 8.82. The van der Waals surface area contributed by atoms with Gasteiger partial charge in [-0.3, -0.25) is 4.79 Å². The van der Waals surface area contributed by atoms with E-state index in [2.05, 4.69) is 41.1 Å². The van der Waals surface area contributed by atoms with Gasteiger partial charge in [-0.15, -0.1) is 0 Å². The van der Waals surface area contributed by atoms with Crippen LogP contribution in [0.1, 0.15) is 55.9 Å². The second-order valence-corrected chi connectivity index (χ2v) is 13.3. The van der Waals surface area contributed by atoms with Gasteiger partial charge in [-0.2, -0.15) is 0 Å². The molecule has 1 heterocycles. The van der Waals surface area contributed by atoms with E-state index in [0.29, 0.717) is 40.1 Å². The van der Waals surface area contributed by atoms with Gasteiger partial charge >= 0.3 is 5.97 Å². The zero-order valence-corrected chi connectivity index (χ0v) is 28.6. The Balaban J connectivity index is 1.26. The fraction of sp³-hybridized carbons (Fsp3) is 0.237. The third-order valence-corrected chi connectivity index (χ3v) is 8.06. The molecule has 242 valence electrons. The van der Waals surface area contributed by atoms with Gasteiger partial charge in [-0.1, -0.05) is 80.4 Å². The molecule has 4 aromatic carbocycles. The molecule has 0 saturated heterocycles. The average molecular weight is 671 g/mol. The van der Waals surface area contributed by atoms with E-state index in [1.807, 2.05) is 63.4 Å². The molecule has 0 saturated carbocycles. The zero-order valence-electron chi connectivity index (χ0n) is 27.1.